The summed E-state index contributed by atoms with van der Waals surface area (Å²) in [5, 5.41) is 14.9. The number of aliphatic hydroxyl groups is 1. The Kier molecular flexibility index (Phi) is 6.58. The molecule has 0 radical (unpaired) electrons. The van der Waals surface area contributed by atoms with Crippen molar-refractivity contribution >= 4 is 16.9 Å². The van der Waals surface area contributed by atoms with Gasteiger partial charge in [0, 0.05) is 18.4 Å². The number of hydrogen-bond acceptors (Lipinski definition) is 5. The standard InChI is InChI=1S/C24H30N2O4/c1-23(2,14-15-27)30-22(28)24(3,4)29-17-20-19-12-8-9-13-21(19)26(25-20)16-18-10-6-5-7-11-18/h5-13,27H,14-17H2,1-4H3. The number of rotatable bonds is 9. The second-order valence-corrected chi connectivity index (χ2v) is 8.53. The summed E-state index contributed by atoms with van der Waals surface area (Å²) >= 11 is 0. The Morgan fingerprint density at radius 2 is 1.70 bits per heavy atom. The number of hydrogen-bond donors (Lipinski definition) is 1. The molecule has 0 atom stereocenters. The molecule has 0 aliphatic heterocycles. The molecule has 0 spiro atoms. The average molecular weight is 411 g/mol. The number of para-hydroxylation sites is 1. The molecule has 0 saturated carbocycles. The predicted molar refractivity (Wildman–Crippen MR) is 116 cm³/mol. The Balaban J connectivity index is 1.76. The number of ether oxygens (including phenoxy) is 2. The second kappa shape index (κ2) is 8.98. The highest BCUT2D eigenvalue weighted by Gasteiger charge is 2.35. The Morgan fingerprint density at radius 1 is 1.03 bits per heavy atom. The molecule has 0 aliphatic carbocycles. The minimum atomic E-state index is -1.14. The lowest BCUT2D eigenvalue weighted by atomic mass is 10.0. The lowest BCUT2D eigenvalue weighted by molar-refractivity contribution is -0.183. The zero-order valence-electron chi connectivity index (χ0n) is 18.1. The van der Waals surface area contributed by atoms with Crippen molar-refractivity contribution in [3.8, 4) is 0 Å². The van der Waals surface area contributed by atoms with Gasteiger partial charge in [0.15, 0.2) is 5.60 Å². The number of aliphatic hydroxyl groups excluding tert-OH is 1. The lowest BCUT2D eigenvalue weighted by Gasteiger charge is -2.30. The third-order valence-corrected chi connectivity index (χ3v) is 5.05. The van der Waals surface area contributed by atoms with Crippen molar-refractivity contribution in [2.75, 3.05) is 6.61 Å². The fraction of sp³-hybridized carbons (Fsp3) is 0.417. The van der Waals surface area contributed by atoms with Crippen molar-refractivity contribution in [3.63, 3.8) is 0 Å². The number of aromatic nitrogens is 2. The summed E-state index contributed by atoms with van der Waals surface area (Å²) in [7, 11) is 0. The van der Waals surface area contributed by atoms with Gasteiger partial charge in [0.05, 0.1) is 24.4 Å². The van der Waals surface area contributed by atoms with Crippen LogP contribution in [0.1, 0.15) is 45.4 Å². The highest BCUT2D eigenvalue weighted by molar-refractivity contribution is 5.82. The number of benzene rings is 2. The zero-order chi connectivity index (χ0) is 21.8. The van der Waals surface area contributed by atoms with Gasteiger partial charge in [0.2, 0.25) is 0 Å². The SMILES string of the molecule is CC(C)(CCO)OC(=O)C(C)(C)OCc1nn(Cc2ccccc2)c2ccccc12. The average Bonchev–Trinajstić information content (AvgIpc) is 3.04. The van der Waals surface area contributed by atoms with Crippen LogP contribution >= 0.6 is 0 Å². The molecule has 0 amide bonds. The summed E-state index contributed by atoms with van der Waals surface area (Å²) in [5.41, 5.74) is 1.06. The van der Waals surface area contributed by atoms with Crippen LogP contribution in [0.15, 0.2) is 54.6 Å². The van der Waals surface area contributed by atoms with Gasteiger partial charge in [0.25, 0.3) is 0 Å². The molecule has 3 aromatic rings. The third kappa shape index (κ3) is 5.26. The maximum atomic E-state index is 12.6. The molecule has 30 heavy (non-hydrogen) atoms. The molecular weight excluding hydrogens is 380 g/mol. The van der Waals surface area contributed by atoms with E-state index in [1.165, 1.54) is 0 Å². The van der Waals surface area contributed by atoms with E-state index in [1.807, 2.05) is 47.1 Å². The van der Waals surface area contributed by atoms with Gasteiger partial charge in [-0.3, -0.25) is 4.68 Å². The van der Waals surface area contributed by atoms with Gasteiger partial charge in [-0.25, -0.2) is 4.79 Å². The van der Waals surface area contributed by atoms with E-state index in [-0.39, 0.29) is 13.2 Å². The molecule has 3 rings (SSSR count). The second-order valence-electron chi connectivity index (χ2n) is 8.53. The van der Waals surface area contributed by atoms with Gasteiger partial charge >= 0.3 is 5.97 Å². The van der Waals surface area contributed by atoms with Crippen LogP contribution in [0.3, 0.4) is 0 Å². The van der Waals surface area contributed by atoms with Crippen molar-refractivity contribution in [2.24, 2.45) is 0 Å². The van der Waals surface area contributed by atoms with Crippen LogP contribution in [-0.4, -0.2) is 38.7 Å². The van der Waals surface area contributed by atoms with Gasteiger partial charge < -0.3 is 14.6 Å². The maximum Gasteiger partial charge on any atom is 0.338 e. The van der Waals surface area contributed by atoms with Crippen molar-refractivity contribution in [2.45, 2.75) is 58.5 Å². The van der Waals surface area contributed by atoms with Crippen molar-refractivity contribution in [3.05, 3.63) is 65.9 Å². The summed E-state index contributed by atoms with van der Waals surface area (Å²) in [4.78, 5) is 12.6. The maximum absolute atomic E-state index is 12.6. The number of nitrogens with zero attached hydrogens (tertiary/aromatic N) is 2. The summed E-state index contributed by atoms with van der Waals surface area (Å²) < 4.78 is 13.5. The highest BCUT2D eigenvalue weighted by atomic mass is 16.6. The first-order valence-electron chi connectivity index (χ1n) is 10.2. The predicted octanol–water partition coefficient (Wildman–Crippen LogP) is 4.08. The van der Waals surface area contributed by atoms with E-state index in [1.54, 1.807) is 27.7 Å². The van der Waals surface area contributed by atoms with Crippen molar-refractivity contribution in [1.29, 1.82) is 0 Å². The normalized spacial score (nSPS) is 12.3. The summed E-state index contributed by atoms with van der Waals surface area (Å²) in [6, 6.07) is 18.2. The molecule has 0 bridgehead atoms. The minimum absolute atomic E-state index is 0.0492. The largest absolute Gasteiger partial charge is 0.457 e. The van der Waals surface area contributed by atoms with E-state index >= 15 is 0 Å². The molecule has 1 N–H and O–H groups in total. The Morgan fingerprint density at radius 3 is 2.40 bits per heavy atom. The van der Waals surface area contributed by atoms with Crippen LogP contribution in [0.5, 0.6) is 0 Å². The summed E-state index contributed by atoms with van der Waals surface area (Å²) in [6.07, 6.45) is 0.364. The Labute approximate surface area is 177 Å². The first kappa shape index (κ1) is 22.0. The number of carbonyl (C=O) groups excluding carboxylic acids is 1. The van der Waals surface area contributed by atoms with Crippen LogP contribution in [0.4, 0.5) is 0 Å². The van der Waals surface area contributed by atoms with E-state index in [0.717, 1.165) is 22.2 Å². The summed E-state index contributed by atoms with van der Waals surface area (Å²) in [6.45, 7) is 7.71. The molecule has 0 fully saturated rings. The van der Waals surface area contributed by atoms with Crippen LogP contribution in [-0.2, 0) is 27.4 Å². The van der Waals surface area contributed by atoms with Gasteiger partial charge in [-0.15, -0.1) is 0 Å². The quantitative estimate of drug-likeness (QED) is 0.538. The van der Waals surface area contributed by atoms with Crippen molar-refractivity contribution < 1.29 is 19.4 Å². The first-order valence-corrected chi connectivity index (χ1v) is 10.2. The van der Waals surface area contributed by atoms with E-state index < -0.39 is 17.2 Å². The van der Waals surface area contributed by atoms with Gasteiger partial charge in [-0.05, 0) is 39.3 Å². The van der Waals surface area contributed by atoms with Crippen LogP contribution in [0, 0.1) is 0 Å². The summed E-state index contributed by atoms with van der Waals surface area (Å²) in [5.74, 6) is -0.464. The Bertz CT molecular complexity index is 993. The molecule has 6 nitrogen and oxygen atoms in total. The minimum Gasteiger partial charge on any atom is -0.457 e. The lowest BCUT2D eigenvalue weighted by Crippen LogP contribution is -2.42. The van der Waals surface area contributed by atoms with E-state index in [4.69, 9.17) is 19.7 Å². The fourth-order valence-corrected chi connectivity index (χ4v) is 3.18. The number of carbonyl (C=O) groups is 1. The smallest absolute Gasteiger partial charge is 0.338 e. The molecule has 0 aliphatic rings. The monoisotopic (exact) mass is 410 g/mol. The molecule has 6 heteroatoms. The molecule has 1 heterocycles. The van der Waals surface area contributed by atoms with Crippen LogP contribution in [0.25, 0.3) is 10.9 Å². The molecule has 0 unspecified atom stereocenters. The third-order valence-electron chi connectivity index (χ3n) is 5.05. The zero-order valence-corrected chi connectivity index (χ0v) is 18.1. The molecule has 1 aromatic heterocycles. The first-order chi connectivity index (χ1) is 14.2. The van der Waals surface area contributed by atoms with E-state index in [0.29, 0.717) is 13.0 Å². The molecular formula is C24H30N2O4. The van der Waals surface area contributed by atoms with E-state index in [9.17, 15) is 4.79 Å². The fourth-order valence-electron chi connectivity index (χ4n) is 3.18. The van der Waals surface area contributed by atoms with Crippen LogP contribution < -0.4 is 0 Å². The van der Waals surface area contributed by atoms with Gasteiger partial charge in [-0.1, -0.05) is 48.5 Å². The van der Waals surface area contributed by atoms with E-state index in [2.05, 4.69) is 12.1 Å². The van der Waals surface area contributed by atoms with Gasteiger partial charge in [0.1, 0.15) is 5.60 Å². The molecule has 0 saturated heterocycles. The van der Waals surface area contributed by atoms with Crippen LogP contribution in [0.2, 0.25) is 0 Å². The Hall–Kier alpha value is -2.70. The van der Waals surface area contributed by atoms with Crippen molar-refractivity contribution in [1.82, 2.24) is 9.78 Å². The number of esters is 1. The molecule has 2 aromatic carbocycles. The molecule has 160 valence electrons. The highest BCUT2D eigenvalue weighted by Crippen LogP contribution is 2.24. The topological polar surface area (TPSA) is 73.6 Å². The number of fused-ring (bicyclic) bond motifs is 1. The van der Waals surface area contributed by atoms with Gasteiger partial charge in [-0.2, -0.15) is 5.10 Å².